The van der Waals surface area contributed by atoms with E-state index in [1.807, 2.05) is 0 Å². The van der Waals surface area contributed by atoms with Crippen LogP contribution in [0.3, 0.4) is 0 Å². The monoisotopic (exact) mass is 337 g/mol. The van der Waals surface area contributed by atoms with Gasteiger partial charge in [0.1, 0.15) is 0 Å². The minimum absolute atomic E-state index is 0.00714. The largest absolute Gasteiger partial charge is 0.481 e. The zero-order chi connectivity index (χ0) is 14.9. The number of carboxylic acid groups (broad SMARTS) is 1. The van der Waals surface area contributed by atoms with Crippen LogP contribution in [0.4, 0.5) is 0 Å². The highest BCUT2D eigenvalue weighted by Gasteiger charge is 2.36. The summed E-state index contributed by atoms with van der Waals surface area (Å²) in [6.45, 7) is 0.310. The molecule has 110 valence electrons. The first-order valence-electron chi connectivity index (χ1n) is 6.00. The van der Waals surface area contributed by atoms with Crippen LogP contribution in [0.25, 0.3) is 0 Å². The highest BCUT2D eigenvalue weighted by molar-refractivity contribution is 7.89. The van der Waals surface area contributed by atoms with E-state index in [9.17, 15) is 13.2 Å². The Morgan fingerprint density at radius 3 is 2.45 bits per heavy atom. The average molecular weight is 338 g/mol. The molecule has 0 aromatic heterocycles. The number of aliphatic carboxylic acids is 1. The molecule has 0 radical (unpaired) electrons. The number of nitrogens with zero attached hydrogens (tertiary/aromatic N) is 1. The van der Waals surface area contributed by atoms with Crippen LogP contribution >= 0.6 is 23.2 Å². The molecular weight excluding hydrogens is 325 g/mol. The zero-order valence-electron chi connectivity index (χ0n) is 10.4. The van der Waals surface area contributed by atoms with Gasteiger partial charge in [-0.1, -0.05) is 23.2 Å². The van der Waals surface area contributed by atoms with Crippen LogP contribution < -0.4 is 0 Å². The fourth-order valence-corrected chi connectivity index (χ4v) is 4.76. The molecule has 8 heteroatoms. The van der Waals surface area contributed by atoms with Gasteiger partial charge in [-0.05, 0) is 31.0 Å². The molecule has 2 rings (SSSR count). The lowest BCUT2D eigenvalue weighted by molar-refractivity contribution is -0.137. The van der Waals surface area contributed by atoms with Gasteiger partial charge in [-0.15, -0.1) is 0 Å². The van der Waals surface area contributed by atoms with Crippen LogP contribution in [0.1, 0.15) is 19.3 Å². The first kappa shape index (κ1) is 15.6. The quantitative estimate of drug-likeness (QED) is 0.916. The van der Waals surface area contributed by atoms with Crippen molar-refractivity contribution >= 4 is 39.2 Å². The number of carbonyl (C=O) groups is 1. The molecular formula is C12H13Cl2NO4S. The predicted octanol–water partition coefficient (Wildman–Crippen LogP) is 2.62. The number of carboxylic acids is 1. The van der Waals surface area contributed by atoms with Gasteiger partial charge < -0.3 is 5.11 Å². The fourth-order valence-electron chi connectivity index (χ4n) is 2.34. The molecule has 0 bridgehead atoms. The lowest BCUT2D eigenvalue weighted by Gasteiger charge is -2.23. The molecule has 1 unspecified atom stereocenters. The Hall–Kier alpha value is -0.820. The third-order valence-corrected chi connectivity index (χ3v) is 5.54. The maximum Gasteiger partial charge on any atom is 0.304 e. The van der Waals surface area contributed by atoms with E-state index >= 15 is 0 Å². The zero-order valence-corrected chi connectivity index (χ0v) is 12.7. The summed E-state index contributed by atoms with van der Waals surface area (Å²) in [4.78, 5) is 10.8. The average Bonchev–Trinajstić information content (AvgIpc) is 2.75. The second-order valence-electron chi connectivity index (χ2n) is 4.61. The summed E-state index contributed by atoms with van der Waals surface area (Å²) in [5, 5.41) is 9.31. The summed E-state index contributed by atoms with van der Waals surface area (Å²) in [6, 6.07) is 3.56. The van der Waals surface area contributed by atoms with Crippen LogP contribution in [0.5, 0.6) is 0 Å². The normalized spacial score (nSPS) is 20.2. The van der Waals surface area contributed by atoms with E-state index in [2.05, 4.69) is 0 Å². The molecule has 1 atom stereocenters. The van der Waals surface area contributed by atoms with Crippen LogP contribution in [0.15, 0.2) is 23.1 Å². The number of halogens is 2. The first-order valence-corrected chi connectivity index (χ1v) is 8.20. The number of sulfonamides is 1. The van der Waals surface area contributed by atoms with Crippen molar-refractivity contribution in [2.45, 2.75) is 30.2 Å². The Labute approximate surface area is 127 Å². The van der Waals surface area contributed by atoms with Crippen LogP contribution in [-0.4, -0.2) is 36.4 Å². The summed E-state index contributed by atoms with van der Waals surface area (Å²) in [5.41, 5.74) is 0. The maximum atomic E-state index is 12.5. The second kappa shape index (κ2) is 5.89. The molecule has 1 saturated heterocycles. The maximum absolute atomic E-state index is 12.5. The molecule has 1 aromatic carbocycles. The molecule has 5 nitrogen and oxygen atoms in total. The Morgan fingerprint density at radius 1 is 1.30 bits per heavy atom. The molecule has 0 amide bonds. The van der Waals surface area contributed by atoms with E-state index in [-0.39, 0.29) is 21.4 Å². The van der Waals surface area contributed by atoms with Gasteiger partial charge in [0.15, 0.2) is 0 Å². The Kier molecular flexibility index (Phi) is 4.59. The topological polar surface area (TPSA) is 74.7 Å². The Balaban J connectivity index is 2.36. The molecule has 0 saturated carbocycles. The van der Waals surface area contributed by atoms with Gasteiger partial charge in [0, 0.05) is 22.6 Å². The molecule has 1 aliphatic rings. The molecule has 1 aromatic rings. The predicted molar refractivity (Wildman–Crippen MR) is 75.6 cm³/mol. The van der Waals surface area contributed by atoms with E-state index in [0.29, 0.717) is 19.4 Å². The van der Waals surface area contributed by atoms with Gasteiger partial charge in [-0.2, -0.15) is 4.31 Å². The van der Waals surface area contributed by atoms with E-state index in [0.717, 1.165) is 0 Å². The fraction of sp³-hybridized carbons (Fsp3) is 0.417. The van der Waals surface area contributed by atoms with Crippen molar-refractivity contribution in [3.8, 4) is 0 Å². The van der Waals surface area contributed by atoms with Gasteiger partial charge in [0.2, 0.25) is 10.0 Å². The smallest absolute Gasteiger partial charge is 0.304 e. The highest BCUT2D eigenvalue weighted by Crippen LogP contribution is 2.30. The number of benzene rings is 1. The summed E-state index contributed by atoms with van der Waals surface area (Å²) in [5.74, 6) is -1.01. The molecule has 0 spiro atoms. The number of hydrogen-bond acceptors (Lipinski definition) is 3. The molecule has 1 fully saturated rings. The van der Waals surface area contributed by atoms with Gasteiger partial charge in [0.05, 0.1) is 11.3 Å². The lowest BCUT2D eigenvalue weighted by atomic mass is 10.2. The second-order valence-corrected chi connectivity index (χ2v) is 7.38. The third-order valence-electron chi connectivity index (χ3n) is 3.18. The standard InChI is InChI=1S/C12H13Cl2NO4S/c13-8-4-9(14)6-11(5-8)20(18,19)15-3-1-2-10(15)7-12(16)17/h4-6,10H,1-3,7H2,(H,16,17). The molecule has 20 heavy (non-hydrogen) atoms. The number of hydrogen-bond donors (Lipinski definition) is 1. The molecule has 1 heterocycles. The van der Waals surface area contributed by atoms with Crippen molar-refractivity contribution in [1.82, 2.24) is 4.31 Å². The SMILES string of the molecule is O=C(O)CC1CCCN1S(=O)(=O)c1cc(Cl)cc(Cl)c1. The van der Waals surface area contributed by atoms with Crippen molar-refractivity contribution in [1.29, 1.82) is 0 Å². The lowest BCUT2D eigenvalue weighted by Crippen LogP contribution is -2.36. The Morgan fingerprint density at radius 2 is 1.90 bits per heavy atom. The summed E-state index contributed by atoms with van der Waals surface area (Å²) < 4.78 is 26.3. The van der Waals surface area contributed by atoms with E-state index in [1.165, 1.54) is 22.5 Å². The van der Waals surface area contributed by atoms with Crippen LogP contribution in [-0.2, 0) is 14.8 Å². The van der Waals surface area contributed by atoms with Gasteiger partial charge in [-0.25, -0.2) is 8.42 Å². The Bertz CT molecular complexity index is 612. The van der Waals surface area contributed by atoms with Gasteiger partial charge >= 0.3 is 5.97 Å². The van der Waals surface area contributed by atoms with Gasteiger partial charge in [-0.3, -0.25) is 4.79 Å². The minimum Gasteiger partial charge on any atom is -0.481 e. The van der Waals surface area contributed by atoms with Crippen LogP contribution in [0.2, 0.25) is 10.0 Å². The summed E-state index contributed by atoms with van der Waals surface area (Å²) in [6.07, 6.45) is 0.985. The van der Waals surface area contributed by atoms with E-state index in [1.54, 1.807) is 0 Å². The van der Waals surface area contributed by atoms with Crippen molar-refractivity contribution in [3.63, 3.8) is 0 Å². The van der Waals surface area contributed by atoms with Crippen molar-refractivity contribution < 1.29 is 18.3 Å². The van der Waals surface area contributed by atoms with Crippen LogP contribution in [0, 0.1) is 0 Å². The molecule has 0 aliphatic carbocycles. The van der Waals surface area contributed by atoms with E-state index in [4.69, 9.17) is 28.3 Å². The van der Waals surface area contributed by atoms with Gasteiger partial charge in [0.25, 0.3) is 0 Å². The van der Waals surface area contributed by atoms with Crippen molar-refractivity contribution in [3.05, 3.63) is 28.2 Å². The summed E-state index contributed by atoms with van der Waals surface area (Å²) in [7, 11) is -3.78. The first-order chi connectivity index (χ1) is 9.30. The van der Waals surface area contributed by atoms with Crippen molar-refractivity contribution in [2.24, 2.45) is 0 Å². The number of rotatable bonds is 4. The van der Waals surface area contributed by atoms with Crippen molar-refractivity contribution in [2.75, 3.05) is 6.54 Å². The molecule has 1 aliphatic heterocycles. The molecule has 1 N–H and O–H groups in total. The summed E-state index contributed by atoms with van der Waals surface area (Å²) >= 11 is 11.6. The van der Waals surface area contributed by atoms with E-state index < -0.39 is 22.0 Å². The minimum atomic E-state index is -3.78. The third kappa shape index (κ3) is 3.25. The highest BCUT2D eigenvalue weighted by atomic mass is 35.5.